The molecule has 74 valence electrons. The van der Waals surface area contributed by atoms with Crippen molar-refractivity contribution in [2.45, 2.75) is 31.8 Å². The van der Waals surface area contributed by atoms with Gasteiger partial charge in [-0.25, -0.2) is 0 Å². The first-order valence-corrected chi connectivity index (χ1v) is 5.00. The van der Waals surface area contributed by atoms with Gasteiger partial charge < -0.3 is 9.47 Å². The first-order chi connectivity index (χ1) is 6.26. The Kier molecular flexibility index (Phi) is 2.20. The lowest BCUT2D eigenvalue weighted by atomic mass is 9.66. The van der Waals surface area contributed by atoms with E-state index >= 15 is 0 Å². The Labute approximate surface area is 79.9 Å². The number of hydrogen-bond donors (Lipinski definition) is 0. The fraction of sp³-hybridized carbons (Fsp3) is 0.818. The van der Waals surface area contributed by atoms with Crippen molar-refractivity contribution < 1.29 is 9.47 Å². The van der Waals surface area contributed by atoms with Gasteiger partial charge in [-0.15, -0.1) is 0 Å². The van der Waals surface area contributed by atoms with E-state index in [-0.39, 0.29) is 5.60 Å². The van der Waals surface area contributed by atoms with Crippen LogP contribution in [0.1, 0.15) is 26.2 Å². The molecular weight excluding hydrogens is 164 g/mol. The zero-order valence-corrected chi connectivity index (χ0v) is 8.72. The fourth-order valence-electron chi connectivity index (χ4n) is 3.12. The third kappa shape index (κ3) is 1.02. The van der Waals surface area contributed by atoms with E-state index in [0.29, 0.717) is 5.92 Å². The van der Waals surface area contributed by atoms with Crippen molar-refractivity contribution in [3.05, 3.63) is 11.1 Å². The number of fused-ring (bicyclic) bond motifs is 1. The minimum absolute atomic E-state index is 0.0695. The van der Waals surface area contributed by atoms with Crippen LogP contribution >= 0.6 is 0 Å². The van der Waals surface area contributed by atoms with Gasteiger partial charge in [0, 0.05) is 20.1 Å². The highest BCUT2D eigenvalue weighted by Gasteiger charge is 2.54. The minimum atomic E-state index is 0.0695. The van der Waals surface area contributed by atoms with Crippen LogP contribution in [0, 0.1) is 5.92 Å². The second-order valence-electron chi connectivity index (χ2n) is 4.13. The summed E-state index contributed by atoms with van der Waals surface area (Å²) in [5.74, 6) is 0.683. The van der Waals surface area contributed by atoms with E-state index < -0.39 is 0 Å². The van der Waals surface area contributed by atoms with Crippen LogP contribution in [0.2, 0.25) is 0 Å². The molecule has 2 rings (SSSR count). The average molecular weight is 182 g/mol. The van der Waals surface area contributed by atoms with Crippen LogP contribution < -0.4 is 0 Å². The van der Waals surface area contributed by atoms with Crippen LogP contribution in [-0.2, 0) is 9.47 Å². The lowest BCUT2D eigenvalue weighted by molar-refractivity contribution is -0.0333. The van der Waals surface area contributed by atoms with E-state index in [1.54, 1.807) is 7.11 Å². The van der Waals surface area contributed by atoms with Crippen LogP contribution in [-0.4, -0.2) is 26.4 Å². The van der Waals surface area contributed by atoms with Crippen molar-refractivity contribution >= 4 is 0 Å². The molecule has 2 heteroatoms. The van der Waals surface area contributed by atoms with E-state index in [9.17, 15) is 0 Å². The summed E-state index contributed by atoms with van der Waals surface area (Å²) in [5.41, 5.74) is 2.99. The monoisotopic (exact) mass is 182 g/mol. The van der Waals surface area contributed by atoms with E-state index in [1.165, 1.54) is 30.4 Å². The number of ether oxygens (including phenoxy) is 2. The molecule has 2 unspecified atom stereocenters. The molecule has 2 nitrogen and oxygen atoms in total. The summed E-state index contributed by atoms with van der Waals surface area (Å²) < 4.78 is 10.9. The normalized spacial score (nSPS) is 37.6. The molecule has 0 radical (unpaired) electrons. The first-order valence-electron chi connectivity index (χ1n) is 5.00. The Balaban J connectivity index is 2.24. The van der Waals surface area contributed by atoms with Gasteiger partial charge in [0.05, 0.1) is 12.2 Å². The zero-order valence-electron chi connectivity index (χ0n) is 8.72. The SMILES string of the molecule is COCC1=C(C)C2CCCC12OC. The summed E-state index contributed by atoms with van der Waals surface area (Å²) in [6, 6.07) is 0. The van der Waals surface area contributed by atoms with Crippen LogP contribution in [0.25, 0.3) is 0 Å². The number of rotatable bonds is 3. The molecule has 0 aromatic carbocycles. The van der Waals surface area contributed by atoms with Gasteiger partial charge in [-0.1, -0.05) is 5.57 Å². The Morgan fingerprint density at radius 2 is 2.23 bits per heavy atom. The molecular formula is C11H18O2. The summed E-state index contributed by atoms with van der Waals surface area (Å²) in [5, 5.41) is 0. The van der Waals surface area contributed by atoms with Gasteiger partial charge in [0.1, 0.15) is 0 Å². The molecule has 0 aromatic rings. The van der Waals surface area contributed by atoms with E-state index in [2.05, 4.69) is 6.92 Å². The molecule has 2 aliphatic carbocycles. The van der Waals surface area contributed by atoms with Crippen molar-refractivity contribution in [3.63, 3.8) is 0 Å². The van der Waals surface area contributed by atoms with Crippen molar-refractivity contribution in [1.29, 1.82) is 0 Å². The van der Waals surface area contributed by atoms with Crippen LogP contribution in [0.5, 0.6) is 0 Å². The topological polar surface area (TPSA) is 18.5 Å². The van der Waals surface area contributed by atoms with Crippen molar-refractivity contribution in [1.82, 2.24) is 0 Å². The highest BCUT2D eigenvalue weighted by atomic mass is 16.5. The van der Waals surface area contributed by atoms with Gasteiger partial charge in [-0.05, 0) is 31.8 Å². The first kappa shape index (κ1) is 9.22. The van der Waals surface area contributed by atoms with Gasteiger partial charge in [0.2, 0.25) is 0 Å². The smallest absolute Gasteiger partial charge is 0.0977 e. The van der Waals surface area contributed by atoms with E-state index in [0.717, 1.165) is 6.61 Å². The predicted octanol–water partition coefficient (Wildman–Crippen LogP) is 2.15. The fourth-order valence-corrected chi connectivity index (χ4v) is 3.12. The van der Waals surface area contributed by atoms with Crippen molar-refractivity contribution in [3.8, 4) is 0 Å². The van der Waals surface area contributed by atoms with Gasteiger partial charge in [-0.3, -0.25) is 0 Å². The molecule has 0 N–H and O–H groups in total. The molecule has 0 aromatic heterocycles. The molecule has 13 heavy (non-hydrogen) atoms. The minimum Gasteiger partial charge on any atom is -0.380 e. The highest BCUT2D eigenvalue weighted by molar-refractivity contribution is 5.42. The van der Waals surface area contributed by atoms with Crippen LogP contribution in [0.15, 0.2) is 11.1 Å². The Morgan fingerprint density at radius 3 is 2.85 bits per heavy atom. The second kappa shape index (κ2) is 3.10. The largest absolute Gasteiger partial charge is 0.380 e. The number of methoxy groups -OCH3 is 2. The van der Waals surface area contributed by atoms with Crippen LogP contribution in [0.4, 0.5) is 0 Å². The van der Waals surface area contributed by atoms with Gasteiger partial charge in [0.25, 0.3) is 0 Å². The predicted molar refractivity (Wildman–Crippen MR) is 51.7 cm³/mol. The summed E-state index contributed by atoms with van der Waals surface area (Å²) in [4.78, 5) is 0. The molecule has 0 heterocycles. The summed E-state index contributed by atoms with van der Waals surface area (Å²) in [7, 11) is 3.59. The summed E-state index contributed by atoms with van der Waals surface area (Å²) in [6.07, 6.45) is 3.78. The maximum absolute atomic E-state index is 5.70. The molecule has 2 aliphatic rings. The maximum atomic E-state index is 5.70. The summed E-state index contributed by atoms with van der Waals surface area (Å²) >= 11 is 0. The molecule has 0 amide bonds. The third-order valence-electron chi connectivity index (χ3n) is 3.77. The Bertz CT molecular complexity index is 244. The maximum Gasteiger partial charge on any atom is 0.0977 e. The standard InChI is InChI=1S/C11H18O2/c1-8-9-5-4-6-11(9,13-3)10(8)7-12-2/h9H,4-7H2,1-3H3. The second-order valence-corrected chi connectivity index (χ2v) is 4.13. The lowest BCUT2D eigenvalue weighted by Crippen LogP contribution is -2.48. The Hall–Kier alpha value is -0.340. The Morgan fingerprint density at radius 1 is 1.46 bits per heavy atom. The van der Waals surface area contributed by atoms with Crippen molar-refractivity contribution in [2.24, 2.45) is 5.92 Å². The third-order valence-corrected chi connectivity index (χ3v) is 3.77. The molecule has 0 bridgehead atoms. The van der Waals surface area contributed by atoms with Crippen LogP contribution in [0.3, 0.4) is 0 Å². The van der Waals surface area contributed by atoms with Crippen molar-refractivity contribution in [2.75, 3.05) is 20.8 Å². The molecule has 2 atom stereocenters. The van der Waals surface area contributed by atoms with Gasteiger partial charge in [0.15, 0.2) is 0 Å². The molecule has 1 fully saturated rings. The molecule has 1 saturated carbocycles. The number of hydrogen-bond acceptors (Lipinski definition) is 2. The van der Waals surface area contributed by atoms with E-state index in [4.69, 9.17) is 9.47 Å². The van der Waals surface area contributed by atoms with Gasteiger partial charge in [-0.2, -0.15) is 0 Å². The van der Waals surface area contributed by atoms with Gasteiger partial charge >= 0.3 is 0 Å². The molecule has 0 aliphatic heterocycles. The lowest BCUT2D eigenvalue weighted by Gasteiger charge is -2.47. The van der Waals surface area contributed by atoms with E-state index in [1.807, 2.05) is 7.11 Å². The highest BCUT2D eigenvalue weighted by Crippen LogP contribution is 2.56. The quantitative estimate of drug-likeness (QED) is 0.623. The molecule has 0 spiro atoms. The summed E-state index contributed by atoms with van der Waals surface area (Å²) in [6.45, 7) is 2.97. The average Bonchev–Trinajstić information content (AvgIpc) is 2.54. The zero-order chi connectivity index (χ0) is 9.47. The molecule has 0 saturated heterocycles.